The fraction of sp³-hybridized carbons (Fsp3) is 0.375. The van der Waals surface area contributed by atoms with Gasteiger partial charge < -0.3 is 9.67 Å². The minimum atomic E-state index is -0.799. The Labute approximate surface area is 118 Å². The molecule has 0 aliphatic heterocycles. The van der Waals surface area contributed by atoms with Crippen molar-refractivity contribution in [1.82, 2.24) is 14.5 Å². The zero-order valence-corrected chi connectivity index (χ0v) is 12.0. The first-order valence-corrected chi connectivity index (χ1v) is 6.95. The maximum absolute atomic E-state index is 10.4. The fourth-order valence-electron chi connectivity index (χ4n) is 2.94. The summed E-state index contributed by atoms with van der Waals surface area (Å²) in [5, 5.41) is 11.5. The van der Waals surface area contributed by atoms with Crippen molar-refractivity contribution in [3.63, 3.8) is 0 Å². The average Bonchev–Trinajstić information content (AvgIpc) is 2.82. The smallest absolute Gasteiger partial charge is 0.107 e. The number of hydrogen-bond acceptors (Lipinski definition) is 3. The van der Waals surface area contributed by atoms with Gasteiger partial charge in [0.25, 0.3) is 0 Å². The van der Waals surface area contributed by atoms with E-state index in [1.165, 1.54) is 0 Å². The number of hydrogen-bond donors (Lipinski definition) is 1. The van der Waals surface area contributed by atoms with Crippen LogP contribution in [0.4, 0.5) is 0 Å². The van der Waals surface area contributed by atoms with Crippen LogP contribution in [0.5, 0.6) is 0 Å². The number of benzene rings is 1. The molecule has 0 saturated carbocycles. The minimum Gasteiger partial charge on any atom is -0.388 e. The van der Waals surface area contributed by atoms with Crippen LogP contribution in [0.25, 0.3) is 21.9 Å². The second kappa shape index (κ2) is 4.56. The molecular weight excluding hydrogens is 250 g/mol. The summed E-state index contributed by atoms with van der Waals surface area (Å²) in [6, 6.07) is 8.02. The molecule has 0 unspecified atom stereocenters. The van der Waals surface area contributed by atoms with E-state index in [4.69, 9.17) is 0 Å². The first-order valence-electron chi connectivity index (χ1n) is 6.95. The predicted molar refractivity (Wildman–Crippen MR) is 80.7 cm³/mol. The lowest BCUT2D eigenvalue weighted by Crippen LogP contribution is -2.32. The monoisotopic (exact) mass is 269 g/mol. The number of rotatable bonds is 3. The van der Waals surface area contributed by atoms with Gasteiger partial charge in [0, 0.05) is 5.39 Å². The third kappa shape index (κ3) is 1.96. The Morgan fingerprint density at radius 3 is 2.65 bits per heavy atom. The summed E-state index contributed by atoms with van der Waals surface area (Å²) in [6.45, 7) is 5.77. The lowest BCUT2D eigenvalue weighted by Gasteiger charge is -2.30. The number of aliphatic hydroxyl groups is 1. The minimum absolute atomic E-state index is 0.0155. The zero-order chi connectivity index (χ0) is 14.3. The second-order valence-electron chi connectivity index (χ2n) is 5.74. The van der Waals surface area contributed by atoms with Crippen molar-refractivity contribution in [2.24, 2.45) is 0 Å². The van der Waals surface area contributed by atoms with Crippen molar-refractivity contribution in [3.8, 4) is 0 Å². The van der Waals surface area contributed by atoms with Gasteiger partial charge >= 0.3 is 0 Å². The van der Waals surface area contributed by atoms with Crippen LogP contribution in [0.2, 0.25) is 0 Å². The third-order valence-electron chi connectivity index (χ3n) is 3.85. The molecule has 3 aromatic rings. The van der Waals surface area contributed by atoms with Gasteiger partial charge in [-0.05, 0) is 26.3 Å². The van der Waals surface area contributed by atoms with Crippen LogP contribution in [0, 0.1) is 0 Å². The standard InChI is InChI=1S/C16H19N3O/c1-4-14(16(2,3)20)19-10-18-13-9-17-12-8-6-5-7-11(12)15(13)19/h5-10,14,20H,4H2,1-3H3/t14-/m1/s1. The van der Waals surface area contributed by atoms with Gasteiger partial charge in [-0.3, -0.25) is 4.98 Å². The molecule has 0 bridgehead atoms. The van der Waals surface area contributed by atoms with Gasteiger partial charge in [0.2, 0.25) is 0 Å². The van der Waals surface area contributed by atoms with Crippen LogP contribution in [0.15, 0.2) is 36.8 Å². The summed E-state index contributed by atoms with van der Waals surface area (Å²) >= 11 is 0. The van der Waals surface area contributed by atoms with Crippen LogP contribution in [-0.4, -0.2) is 25.2 Å². The molecule has 104 valence electrons. The Morgan fingerprint density at radius 1 is 1.20 bits per heavy atom. The molecule has 2 heterocycles. The van der Waals surface area contributed by atoms with Gasteiger partial charge in [-0.2, -0.15) is 0 Å². The average molecular weight is 269 g/mol. The summed E-state index contributed by atoms with van der Waals surface area (Å²) in [5.41, 5.74) is 2.07. The van der Waals surface area contributed by atoms with E-state index in [1.807, 2.05) is 38.4 Å². The molecule has 0 fully saturated rings. The van der Waals surface area contributed by atoms with Crippen LogP contribution in [0.1, 0.15) is 33.2 Å². The Balaban J connectivity index is 2.34. The van der Waals surface area contributed by atoms with Crippen molar-refractivity contribution in [2.45, 2.75) is 38.8 Å². The molecule has 1 N–H and O–H groups in total. The molecular formula is C16H19N3O. The van der Waals surface area contributed by atoms with Gasteiger partial charge in [0.1, 0.15) is 5.52 Å². The summed E-state index contributed by atoms with van der Waals surface area (Å²) in [4.78, 5) is 8.87. The highest BCUT2D eigenvalue weighted by Crippen LogP contribution is 2.31. The number of fused-ring (bicyclic) bond motifs is 3. The van der Waals surface area contributed by atoms with Gasteiger partial charge in [0.05, 0.1) is 35.2 Å². The van der Waals surface area contributed by atoms with E-state index < -0.39 is 5.60 Å². The second-order valence-corrected chi connectivity index (χ2v) is 5.74. The number of imidazole rings is 1. The van der Waals surface area contributed by atoms with Gasteiger partial charge in [-0.1, -0.05) is 25.1 Å². The van der Waals surface area contributed by atoms with Gasteiger partial charge in [-0.15, -0.1) is 0 Å². The molecule has 0 aliphatic carbocycles. The fourth-order valence-corrected chi connectivity index (χ4v) is 2.94. The number of nitrogens with zero attached hydrogens (tertiary/aromatic N) is 3. The Kier molecular flexibility index (Phi) is 2.98. The van der Waals surface area contributed by atoms with Gasteiger partial charge in [-0.25, -0.2) is 4.98 Å². The van der Waals surface area contributed by atoms with E-state index in [0.717, 1.165) is 28.4 Å². The zero-order valence-electron chi connectivity index (χ0n) is 12.0. The van der Waals surface area contributed by atoms with Crippen molar-refractivity contribution < 1.29 is 5.11 Å². The van der Waals surface area contributed by atoms with Crippen molar-refractivity contribution in [1.29, 1.82) is 0 Å². The first kappa shape index (κ1) is 13.1. The lowest BCUT2D eigenvalue weighted by molar-refractivity contribution is 0.0229. The van der Waals surface area contributed by atoms with Crippen LogP contribution in [-0.2, 0) is 0 Å². The predicted octanol–water partition coefficient (Wildman–Crippen LogP) is 3.31. The summed E-state index contributed by atoms with van der Waals surface area (Å²) in [7, 11) is 0. The van der Waals surface area contributed by atoms with Crippen LogP contribution < -0.4 is 0 Å². The van der Waals surface area contributed by atoms with Crippen LogP contribution >= 0.6 is 0 Å². The number of pyridine rings is 1. The van der Waals surface area contributed by atoms with E-state index in [2.05, 4.69) is 27.5 Å². The molecule has 4 heteroatoms. The summed E-state index contributed by atoms with van der Waals surface area (Å²) in [5.74, 6) is 0. The molecule has 20 heavy (non-hydrogen) atoms. The van der Waals surface area contributed by atoms with E-state index in [9.17, 15) is 5.11 Å². The highest BCUT2D eigenvalue weighted by molar-refractivity contribution is 6.02. The first-order chi connectivity index (χ1) is 9.52. The lowest BCUT2D eigenvalue weighted by atomic mass is 9.96. The van der Waals surface area contributed by atoms with E-state index in [1.54, 1.807) is 6.20 Å². The SMILES string of the molecule is CC[C@@H](n1cnc2cnc3ccccc3c21)C(C)(C)O. The molecule has 0 amide bonds. The molecule has 3 rings (SSSR count). The maximum atomic E-state index is 10.4. The molecule has 4 nitrogen and oxygen atoms in total. The Hall–Kier alpha value is -1.94. The molecule has 2 aromatic heterocycles. The highest BCUT2D eigenvalue weighted by atomic mass is 16.3. The number of para-hydroxylation sites is 1. The van der Waals surface area contributed by atoms with Crippen molar-refractivity contribution in [2.75, 3.05) is 0 Å². The molecule has 0 aliphatic rings. The molecule has 0 radical (unpaired) electrons. The molecule has 1 atom stereocenters. The third-order valence-corrected chi connectivity index (χ3v) is 3.85. The topological polar surface area (TPSA) is 50.9 Å². The maximum Gasteiger partial charge on any atom is 0.107 e. The number of aromatic nitrogens is 3. The summed E-state index contributed by atoms with van der Waals surface area (Å²) < 4.78 is 2.08. The van der Waals surface area contributed by atoms with E-state index >= 15 is 0 Å². The van der Waals surface area contributed by atoms with E-state index in [-0.39, 0.29) is 6.04 Å². The molecule has 0 saturated heterocycles. The highest BCUT2D eigenvalue weighted by Gasteiger charge is 2.28. The van der Waals surface area contributed by atoms with Crippen molar-refractivity contribution >= 4 is 21.9 Å². The summed E-state index contributed by atoms with van der Waals surface area (Å²) in [6.07, 6.45) is 4.45. The van der Waals surface area contributed by atoms with Gasteiger partial charge in [0.15, 0.2) is 0 Å². The Morgan fingerprint density at radius 2 is 1.95 bits per heavy atom. The van der Waals surface area contributed by atoms with Crippen LogP contribution in [0.3, 0.4) is 0 Å². The Bertz CT molecular complexity index is 755. The van der Waals surface area contributed by atoms with E-state index in [0.29, 0.717) is 0 Å². The molecule has 0 spiro atoms. The molecule has 1 aromatic carbocycles. The quantitative estimate of drug-likeness (QED) is 0.793. The van der Waals surface area contributed by atoms with Crippen molar-refractivity contribution in [3.05, 3.63) is 36.8 Å². The normalized spacial score (nSPS) is 14.0. The largest absolute Gasteiger partial charge is 0.388 e.